The topological polar surface area (TPSA) is 13.1 Å². The number of pyridine rings is 1. The number of aromatic nitrogens is 1. The highest BCUT2D eigenvalue weighted by Gasteiger charge is 2.16. The second-order valence-electron chi connectivity index (χ2n) is 7.63. The molecule has 0 N–H and O–H groups in total. The Labute approximate surface area is 191 Å². The van der Waals surface area contributed by atoms with Gasteiger partial charge >= 0.3 is 0 Å². The van der Waals surface area contributed by atoms with E-state index in [1.165, 1.54) is 24.3 Å². The predicted octanol–water partition coefficient (Wildman–Crippen LogP) is 7.31. The maximum atomic E-state index is 13.4. The standard InChI is InChI=1S/C27H23ClF2NO/c28-22-7-13-25(14-8-22)32-26-15-18-31(19-16-26)17-1-2-27(20-3-9-23(29)10-4-20)21-5-11-24(30)12-6-21/h3-16,18-19,27H,1-2,17H2/q+1. The molecular weight excluding hydrogens is 428 g/mol. The van der Waals surface area contributed by atoms with E-state index in [9.17, 15) is 8.78 Å². The molecule has 4 rings (SSSR count). The van der Waals surface area contributed by atoms with Crippen molar-refractivity contribution in [3.63, 3.8) is 0 Å². The number of hydrogen-bond donors (Lipinski definition) is 0. The lowest BCUT2D eigenvalue weighted by atomic mass is 9.87. The molecule has 1 aromatic heterocycles. The van der Waals surface area contributed by atoms with E-state index in [0.29, 0.717) is 5.02 Å². The Morgan fingerprint density at radius 1 is 0.688 bits per heavy atom. The molecule has 4 aromatic rings. The number of ether oxygens (including phenoxy) is 1. The number of benzene rings is 3. The van der Waals surface area contributed by atoms with Crippen molar-refractivity contribution in [2.24, 2.45) is 0 Å². The Balaban J connectivity index is 1.39. The van der Waals surface area contributed by atoms with Crippen molar-refractivity contribution in [2.45, 2.75) is 25.3 Å². The zero-order valence-corrected chi connectivity index (χ0v) is 18.2. The number of halogens is 3. The molecule has 0 aliphatic rings. The van der Waals surface area contributed by atoms with Gasteiger partial charge < -0.3 is 4.74 Å². The number of hydrogen-bond acceptors (Lipinski definition) is 1. The van der Waals surface area contributed by atoms with E-state index >= 15 is 0 Å². The quantitative estimate of drug-likeness (QED) is 0.256. The summed E-state index contributed by atoms with van der Waals surface area (Å²) in [5, 5.41) is 0.669. The average Bonchev–Trinajstić information content (AvgIpc) is 2.81. The number of aryl methyl sites for hydroxylation is 1. The Hall–Kier alpha value is -3.24. The fourth-order valence-electron chi connectivity index (χ4n) is 3.69. The van der Waals surface area contributed by atoms with E-state index < -0.39 is 0 Å². The molecule has 0 bridgehead atoms. The molecule has 0 unspecified atom stereocenters. The van der Waals surface area contributed by atoms with Gasteiger partial charge in [-0.2, -0.15) is 0 Å². The van der Waals surface area contributed by atoms with Crippen molar-refractivity contribution < 1.29 is 18.1 Å². The van der Waals surface area contributed by atoms with E-state index in [2.05, 4.69) is 4.57 Å². The van der Waals surface area contributed by atoms with E-state index in [4.69, 9.17) is 16.3 Å². The van der Waals surface area contributed by atoms with Crippen LogP contribution in [-0.2, 0) is 6.54 Å². The summed E-state index contributed by atoms with van der Waals surface area (Å²) in [7, 11) is 0. The normalized spacial score (nSPS) is 11.0. The molecule has 0 spiro atoms. The molecule has 0 amide bonds. The summed E-state index contributed by atoms with van der Waals surface area (Å²) >= 11 is 5.91. The van der Waals surface area contributed by atoms with Gasteiger partial charge in [-0.05, 0) is 66.1 Å². The largest absolute Gasteiger partial charge is 0.457 e. The van der Waals surface area contributed by atoms with Gasteiger partial charge in [-0.1, -0.05) is 35.9 Å². The van der Waals surface area contributed by atoms with Crippen LogP contribution in [0.25, 0.3) is 0 Å². The maximum Gasteiger partial charge on any atom is 0.172 e. The summed E-state index contributed by atoms with van der Waals surface area (Å²) < 4.78 is 34.7. The second-order valence-corrected chi connectivity index (χ2v) is 8.06. The van der Waals surface area contributed by atoms with Crippen LogP contribution in [0.1, 0.15) is 29.9 Å². The van der Waals surface area contributed by atoms with Crippen LogP contribution < -0.4 is 9.30 Å². The third kappa shape index (κ3) is 5.92. The van der Waals surface area contributed by atoms with E-state index in [1.54, 1.807) is 36.4 Å². The first-order valence-electron chi connectivity index (χ1n) is 10.5. The Morgan fingerprint density at radius 3 is 1.72 bits per heavy atom. The third-order valence-corrected chi connectivity index (χ3v) is 5.62. The van der Waals surface area contributed by atoms with Gasteiger partial charge in [0.25, 0.3) is 0 Å². The Morgan fingerprint density at radius 2 is 1.19 bits per heavy atom. The molecule has 162 valence electrons. The van der Waals surface area contributed by atoms with Gasteiger partial charge in [0.2, 0.25) is 0 Å². The van der Waals surface area contributed by atoms with Gasteiger partial charge in [-0.3, -0.25) is 0 Å². The first-order chi connectivity index (χ1) is 15.6. The summed E-state index contributed by atoms with van der Waals surface area (Å²) in [6.45, 7) is 0.820. The van der Waals surface area contributed by atoms with Crippen LogP contribution in [0, 0.1) is 11.6 Å². The first-order valence-corrected chi connectivity index (χ1v) is 10.9. The molecule has 1 heterocycles. The molecule has 0 saturated heterocycles. The molecular formula is C27H23ClF2NO+. The van der Waals surface area contributed by atoms with Gasteiger partial charge in [0.15, 0.2) is 12.4 Å². The SMILES string of the molecule is Fc1ccc(C(CCC[n+]2ccc(Oc3ccc(Cl)cc3)cc2)c2ccc(F)cc2)cc1. The predicted molar refractivity (Wildman–Crippen MR) is 122 cm³/mol. The van der Waals surface area contributed by atoms with Crippen molar-refractivity contribution in [2.75, 3.05) is 0 Å². The van der Waals surface area contributed by atoms with Crippen LogP contribution in [-0.4, -0.2) is 0 Å². The maximum absolute atomic E-state index is 13.4. The summed E-state index contributed by atoms with van der Waals surface area (Å²) in [5.74, 6) is 1.03. The molecule has 2 nitrogen and oxygen atoms in total. The lowest BCUT2D eigenvalue weighted by Crippen LogP contribution is -2.32. The lowest BCUT2D eigenvalue weighted by molar-refractivity contribution is -0.697. The Bertz CT molecular complexity index is 1080. The van der Waals surface area contributed by atoms with Gasteiger partial charge in [0.1, 0.15) is 29.7 Å². The number of nitrogens with zero attached hydrogens (tertiary/aromatic N) is 1. The highest BCUT2D eigenvalue weighted by molar-refractivity contribution is 6.30. The molecule has 32 heavy (non-hydrogen) atoms. The minimum Gasteiger partial charge on any atom is -0.457 e. The fraction of sp³-hybridized carbons (Fsp3) is 0.148. The first kappa shape index (κ1) is 22.0. The van der Waals surface area contributed by atoms with E-state index in [1.807, 2.05) is 36.7 Å². The van der Waals surface area contributed by atoms with Gasteiger partial charge in [0.05, 0.1) is 0 Å². The molecule has 0 saturated carbocycles. The number of rotatable bonds is 8. The fourth-order valence-corrected chi connectivity index (χ4v) is 3.82. The molecule has 0 aliphatic carbocycles. The third-order valence-electron chi connectivity index (χ3n) is 5.36. The summed E-state index contributed by atoms with van der Waals surface area (Å²) in [4.78, 5) is 0. The summed E-state index contributed by atoms with van der Waals surface area (Å²) in [6, 6.07) is 24.2. The average molecular weight is 451 g/mol. The Kier molecular flexibility index (Phi) is 7.13. The molecule has 0 aliphatic heterocycles. The highest BCUT2D eigenvalue weighted by atomic mass is 35.5. The zero-order chi connectivity index (χ0) is 22.3. The van der Waals surface area contributed by atoms with E-state index in [-0.39, 0.29) is 17.6 Å². The van der Waals surface area contributed by atoms with Crippen molar-refractivity contribution in [3.05, 3.63) is 125 Å². The van der Waals surface area contributed by atoms with Crippen molar-refractivity contribution in [1.29, 1.82) is 0 Å². The van der Waals surface area contributed by atoms with Crippen LogP contribution >= 0.6 is 11.6 Å². The van der Waals surface area contributed by atoms with Crippen LogP contribution in [0.4, 0.5) is 8.78 Å². The van der Waals surface area contributed by atoms with Gasteiger partial charge in [-0.15, -0.1) is 0 Å². The zero-order valence-electron chi connectivity index (χ0n) is 17.4. The van der Waals surface area contributed by atoms with Crippen molar-refractivity contribution >= 4 is 11.6 Å². The van der Waals surface area contributed by atoms with Crippen LogP contribution in [0.3, 0.4) is 0 Å². The smallest absolute Gasteiger partial charge is 0.172 e. The molecule has 0 fully saturated rings. The molecule has 0 atom stereocenters. The van der Waals surface area contributed by atoms with Crippen LogP contribution in [0.15, 0.2) is 97.3 Å². The molecule has 5 heteroatoms. The molecule has 0 radical (unpaired) electrons. The van der Waals surface area contributed by atoms with Crippen molar-refractivity contribution in [1.82, 2.24) is 0 Å². The lowest BCUT2D eigenvalue weighted by Gasteiger charge is -2.17. The van der Waals surface area contributed by atoms with Crippen molar-refractivity contribution in [3.8, 4) is 11.5 Å². The van der Waals surface area contributed by atoms with E-state index in [0.717, 1.165) is 42.0 Å². The second kappa shape index (κ2) is 10.4. The minimum absolute atomic E-state index is 0.0734. The molecule has 3 aromatic carbocycles. The highest BCUT2D eigenvalue weighted by Crippen LogP contribution is 2.30. The monoisotopic (exact) mass is 450 g/mol. The summed E-state index contributed by atoms with van der Waals surface area (Å²) in [6.07, 6.45) is 5.72. The van der Waals surface area contributed by atoms with Crippen LogP contribution in [0.5, 0.6) is 11.5 Å². The minimum atomic E-state index is -0.261. The van der Waals surface area contributed by atoms with Gasteiger partial charge in [0, 0.05) is 29.5 Å². The van der Waals surface area contributed by atoms with Gasteiger partial charge in [-0.25, -0.2) is 13.3 Å². The summed E-state index contributed by atoms with van der Waals surface area (Å²) in [5.41, 5.74) is 2.05. The van der Waals surface area contributed by atoms with Crippen LogP contribution in [0.2, 0.25) is 5.02 Å².